The van der Waals surface area contributed by atoms with Crippen molar-refractivity contribution in [2.24, 2.45) is 11.8 Å². The van der Waals surface area contributed by atoms with Gasteiger partial charge in [-0.25, -0.2) is 0 Å². The summed E-state index contributed by atoms with van der Waals surface area (Å²) >= 11 is 0. The molecule has 2 N–H and O–H groups in total. The number of hydrogen-bond acceptors (Lipinski definition) is 4. The van der Waals surface area contributed by atoms with Crippen LogP contribution in [0.3, 0.4) is 0 Å². The third-order valence-corrected chi connectivity index (χ3v) is 6.51. The molecule has 4 nitrogen and oxygen atoms in total. The van der Waals surface area contributed by atoms with Crippen LogP contribution in [0.1, 0.15) is 30.9 Å². The van der Waals surface area contributed by atoms with Gasteiger partial charge in [-0.15, -0.1) is 0 Å². The Morgan fingerprint density at radius 3 is 3.00 bits per heavy atom. The van der Waals surface area contributed by atoms with E-state index in [1.54, 1.807) is 12.1 Å². The number of carbonyl (C=O) groups is 1. The van der Waals surface area contributed by atoms with Gasteiger partial charge < -0.3 is 14.9 Å². The Hall–Kier alpha value is -1.81. The molecule has 0 radical (unpaired) electrons. The Labute approximate surface area is 128 Å². The van der Waals surface area contributed by atoms with Gasteiger partial charge in [-0.05, 0) is 54.9 Å². The van der Waals surface area contributed by atoms with E-state index in [9.17, 15) is 15.0 Å². The molecule has 22 heavy (non-hydrogen) atoms. The molecule has 3 aliphatic carbocycles. The first-order valence-electron chi connectivity index (χ1n) is 7.96. The van der Waals surface area contributed by atoms with Gasteiger partial charge >= 0.3 is 0 Å². The molecule has 1 aliphatic heterocycles. The predicted molar refractivity (Wildman–Crippen MR) is 78.9 cm³/mol. The van der Waals surface area contributed by atoms with Gasteiger partial charge in [-0.1, -0.05) is 13.0 Å². The summed E-state index contributed by atoms with van der Waals surface area (Å²) in [6.45, 7) is 2.18. The molecule has 0 aromatic heterocycles. The lowest BCUT2D eigenvalue weighted by Crippen LogP contribution is -2.69. The van der Waals surface area contributed by atoms with Crippen molar-refractivity contribution in [2.75, 3.05) is 0 Å². The summed E-state index contributed by atoms with van der Waals surface area (Å²) < 4.78 is 5.91. The topological polar surface area (TPSA) is 66.8 Å². The molecule has 1 aromatic rings. The maximum atomic E-state index is 12.5. The van der Waals surface area contributed by atoms with Gasteiger partial charge in [0.25, 0.3) is 0 Å². The van der Waals surface area contributed by atoms with E-state index in [2.05, 4.69) is 6.92 Å². The standard InChI is InChI=1S/C18H18O4/c1-9-4-6-17-14-10-2-3-12(19)15(14)22-16(17)13(20)5-7-18(17,21)11(9)8-10/h2-3,5,7,9,11,16,19,21H,4,6,8H2,1H3/t9?,11-,16-,17-,18+/m0/s1. The summed E-state index contributed by atoms with van der Waals surface area (Å²) in [5.41, 5.74) is 0.202. The molecule has 0 amide bonds. The Kier molecular flexibility index (Phi) is 2.06. The van der Waals surface area contributed by atoms with E-state index in [4.69, 9.17) is 4.74 Å². The maximum absolute atomic E-state index is 12.5. The summed E-state index contributed by atoms with van der Waals surface area (Å²) in [7, 11) is 0. The van der Waals surface area contributed by atoms with Gasteiger partial charge in [0.1, 0.15) is 5.60 Å². The quantitative estimate of drug-likeness (QED) is 0.767. The van der Waals surface area contributed by atoms with E-state index >= 15 is 0 Å². The Balaban J connectivity index is 1.91. The zero-order valence-corrected chi connectivity index (χ0v) is 12.4. The number of phenols is 1. The van der Waals surface area contributed by atoms with E-state index in [0.29, 0.717) is 18.1 Å². The summed E-state index contributed by atoms with van der Waals surface area (Å²) in [5, 5.41) is 21.8. The van der Waals surface area contributed by atoms with Gasteiger partial charge in [0.05, 0.1) is 5.41 Å². The van der Waals surface area contributed by atoms with Crippen molar-refractivity contribution in [3.05, 3.63) is 35.4 Å². The molecule has 1 saturated carbocycles. The molecule has 1 fully saturated rings. The van der Waals surface area contributed by atoms with Crippen LogP contribution in [0.5, 0.6) is 11.5 Å². The molecule has 4 aliphatic rings. The number of carbonyl (C=O) groups excluding carboxylic acids is 1. The Morgan fingerprint density at radius 2 is 2.18 bits per heavy atom. The van der Waals surface area contributed by atoms with Gasteiger partial charge in [-0.3, -0.25) is 4.79 Å². The fourth-order valence-corrected chi connectivity index (χ4v) is 5.49. The highest BCUT2D eigenvalue weighted by Crippen LogP contribution is 2.66. The van der Waals surface area contributed by atoms with Crippen LogP contribution in [0.15, 0.2) is 24.3 Å². The van der Waals surface area contributed by atoms with Crippen LogP contribution < -0.4 is 4.74 Å². The minimum absolute atomic E-state index is 0.0646. The van der Waals surface area contributed by atoms with Crippen molar-refractivity contribution in [3.8, 4) is 11.5 Å². The fourth-order valence-electron chi connectivity index (χ4n) is 5.49. The first kappa shape index (κ1) is 12.7. The molecule has 4 heteroatoms. The Morgan fingerprint density at radius 1 is 1.36 bits per heavy atom. The molecular weight excluding hydrogens is 280 g/mol. The zero-order chi connectivity index (χ0) is 15.3. The predicted octanol–water partition coefficient (Wildman–Crippen LogP) is 1.86. The monoisotopic (exact) mass is 298 g/mol. The number of aliphatic hydroxyl groups is 1. The second-order valence-corrected chi connectivity index (χ2v) is 7.30. The van der Waals surface area contributed by atoms with Crippen molar-refractivity contribution in [3.63, 3.8) is 0 Å². The average Bonchev–Trinajstić information content (AvgIpc) is 2.85. The molecule has 1 unspecified atom stereocenters. The first-order chi connectivity index (χ1) is 10.5. The average molecular weight is 298 g/mol. The van der Waals surface area contributed by atoms with Gasteiger partial charge in [-0.2, -0.15) is 0 Å². The number of ether oxygens (including phenoxy) is 1. The Bertz CT molecular complexity index is 752. The summed E-state index contributed by atoms with van der Waals surface area (Å²) in [6, 6.07) is 3.57. The molecule has 0 saturated heterocycles. The highest BCUT2D eigenvalue weighted by molar-refractivity contribution is 5.98. The van der Waals surface area contributed by atoms with Crippen LogP contribution in [0.25, 0.3) is 0 Å². The molecule has 1 heterocycles. The number of aromatic hydroxyl groups is 1. The summed E-state index contributed by atoms with van der Waals surface area (Å²) in [4.78, 5) is 12.5. The number of hydrogen-bond donors (Lipinski definition) is 2. The minimum Gasteiger partial charge on any atom is -0.504 e. The van der Waals surface area contributed by atoms with E-state index < -0.39 is 17.1 Å². The summed E-state index contributed by atoms with van der Waals surface area (Å²) in [5.74, 6) is 0.835. The molecular formula is C18H18O4. The molecule has 1 aromatic carbocycles. The second kappa shape index (κ2) is 3.57. The van der Waals surface area contributed by atoms with Gasteiger partial charge in [0, 0.05) is 5.56 Å². The normalized spacial score (nSPS) is 43.7. The van der Waals surface area contributed by atoms with Crippen molar-refractivity contribution >= 4 is 5.78 Å². The number of phenolic OH excluding ortho intramolecular Hbond substituents is 1. The highest BCUT2D eigenvalue weighted by Gasteiger charge is 2.71. The lowest BCUT2D eigenvalue weighted by Gasteiger charge is -2.59. The number of benzene rings is 1. The van der Waals surface area contributed by atoms with Crippen LogP contribution in [0.2, 0.25) is 0 Å². The minimum atomic E-state index is -1.06. The lowest BCUT2D eigenvalue weighted by molar-refractivity contribution is -0.152. The lowest BCUT2D eigenvalue weighted by atomic mass is 9.45. The summed E-state index contributed by atoms with van der Waals surface area (Å²) in [6.07, 6.45) is 4.91. The molecule has 2 bridgehead atoms. The third-order valence-electron chi connectivity index (χ3n) is 6.51. The fraction of sp³-hybridized carbons (Fsp3) is 0.500. The number of rotatable bonds is 0. The van der Waals surface area contributed by atoms with Crippen molar-refractivity contribution in [1.82, 2.24) is 0 Å². The van der Waals surface area contributed by atoms with Crippen molar-refractivity contribution in [2.45, 2.75) is 43.3 Å². The second-order valence-electron chi connectivity index (χ2n) is 7.30. The van der Waals surface area contributed by atoms with E-state index in [1.807, 2.05) is 6.07 Å². The van der Waals surface area contributed by atoms with Crippen LogP contribution >= 0.6 is 0 Å². The number of ketones is 1. The smallest absolute Gasteiger partial charge is 0.196 e. The van der Waals surface area contributed by atoms with Crippen LogP contribution in [-0.2, 0) is 16.6 Å². The van der Waals surface area contributed by atoms with E-state index in [1.165, 1.54) is 6.08 Å². The van der Waals surface area contributed by atoms with Crippen molar-refractivity contribution in [1.29, 1.82) is 0 Å². The van der Waals surface area contributed by atoms with Crippen LogP contribution in [-0.4, -0.2) is 27.7 Å². The van der Waals surface area contributed by atoms with Gasteiger partial charge in [0.2, 0.25) is 0 Å². The van der Waals surface area contributed by atoms with Crippen LogP contribution in [0, 0.1) is 11.8 Å². The van der Waals surface area contributed by atoms with Gasteiger partial charge in [0.15, 0.2) is 23.4 Å². The zero-order valence-electron chi connectivity index (χ0n) is 12.4. The SMILES string of the molecule is CC1CC[C@]23c4c5ccc(O)c4O[C@H]2C(=O)C=C[C@@]3(O)[C@H]1C5. The maximum Gasteiger partial charge on any atom is 0.196 e. The first-order valence-corrected chi connectivity index (χ1v) is 7.96. The molecule has 5 rings (SSSR count). The van der Waals surface area contributed by atoms with Crippen molar-refractivity contribution < 1.29 is 19.7 Å². The molecule has 1 spiro atoms. The van der Waals surface area contributed by atoms with E-state index in [-0.39, 0.29) is 17.5 Å². The largest absolute Gasteiger partial charge is 0.504 e. The van der Waals surface area contributed by atoms with E-state index in [0.717, 1.165) is 24.0 Å². The van der Waals surface area contributed by atoms with Crippen LogP contribution in [0.4, 0.5) is 0 Å². The molecule has 5 atom stereocenters. The third kappa shape index (κ3) is 1.09. The highest BCUT2D eigenvalue weighted by atomic mass is 16.5. The molecule has 114 valence electrons.